The van der Waals surface area contributed by atoms with Crippen molar-refractivity contribution in [2.75, 3.05) is 19.7 Å². The second-order valence-electron chi connectivity index (χ2n) is 7.22. The molecule has 3 rings (SSSR count). The summed E-state index contributed by atoms with van der Waals surface area (Å²) < 4.78 is 7.62. The number of nitrogens with zero attached hydrogens (tertiary/aromatic N) is 2. The van der Waals surface area contributed by atoms with Crippen LogP contribution < -0.4 is 0 Å². The Balaban J connectivity index is 0.000000921. The van der Waals surface area contributed by atoms with Crippen LogP contribution in [0.3, 0.4) is 0 Å². The van der Waals surface area contributed by atoms with Gasteiger partial charge in [0.2, 0.25) is 0 Å². The molecular weight excluding hydrogens is 352 g/mol. The molecule has 3 unspecified atom stereocenters. The predicted molar refractivity (Wildman–Crippen MR) is 116 cm³/mol. The summed E-state index contributed by atoms with van der Waals surface area (Å²) >= 11 is 0. The van der Waals surface area contributed by atoms with Crippen molar-refractivity contribution >= 4 is 5.78 Å². The second kappa shape index (κ2) is 11.7. The van der Waals surface area contributed by atoms with E-state index in [0.29, 0.717) is 6.04 Å². The molecule has 1 N–H and O–H groups in total. The highest BCUT2D eigenvalue weighted by Gasteiger charge is 2.36. The van der Waals surface area contributed by atoms with E-state index in [9.17, 15) is 9.90 Å². The minimum absolute atomic E-state index is 0.0376. The van der Waals surface area contributed by atoms with E-state index in [-0.39, 0.29) is 24.5 Å². The van der Waals surface area contributed by atoms with Gasteiger partial charge in [0.1, 0.15) is 6.73 Å². The molecule has 162 valence electrons. The van der Waals surface area contributed by atoms with Crippen LogP contribution in [0.25, 0.3) is 0 Å². The van der Waals surface area contributed by atoms with Crippen molar-refractivity contribution in [2.24, 2.45) is 5.92 Å². The number of rotatable bonds is 4. The van der Waals surface area contributed by atoms with Gasteiger partial charge in [0.25, 0.3) is 0 Å². The Kier molecular flexibility index (Phi) is 10.4. The van der Waals surface area contributed by atoms with Crippen molar-refractivity contribution in [1.82, 2.24) is 9.47 Å². The number of Topliss-reactive ketones (excluding diaryl/α,β-unsaturated/α-hetero) is 1. The van der Waals surface area contributed by atoms with Gasteiger partial charge in [-0.1, -0.05) is 34.6 Å². The second-order valence-corrected chi connectivity index (χ2v) is 7.22. The topological polar surface area (TPSA) is 54.7 Å². The Morgan fingerprint density at radius 1 is 1.18 bits per heavy atom. The third kappa shape index (κ3) is 4.87. The molecular formula is C23H42N2O3. The standard InChI is InChI=1S/C19H30N2O3.2C2H6/c1-5-16-13(3)21(11-22)17-7-6-15(19(23)18(16)17)10-20-8-9-24-14(4)12(20)2;2*1-2/h12,14-15,22H,5-11H2,1-4H3;2*1-2H3. The summed E-state index contributed by atoms with van der Waals surface area (Å²) in [6, 6.07) is 0.349. The lowest BCUT2D eigenvalue weighted by Gasteiger charge is -2.40. The Morgan fingerprint density at radius 2 is 1.82 bits per heavy atom. The molecule has 1 aromatic rings. The number of fused-ring (bicyclic) bond motifs is 1. The number of hydrogen-bond donors (Lipinski definition) is 1. The fourth-order valence-corrected chi connectivity index (χ4v) is 4.39. The van der Waals surface area contributed by atoms with Crippen molar-refractivity contribution in [3.8, 4) is 0 Å². The number of carbonyl (C=O) groups excluding carboxylic acids is 1. The Bertz CT molecular complexity index is 624. The zero-order valence-corrected chi connectivity index (χ0v) is 19.3. The Hall–Kier alpha value is -1.17. The summed E-state index contributed by atoms with van der Waals surface area (Å²) in [6.45, 7) is 18.8. The van der Waals surface area contributed by atoms with Gasteiger partial charge in [-0.2, -0.15) is 0 Å². The van der Waals surface area contributed by atoms with Crippen molar-refractivity contribution < 1.29 is 14.6 Å². The molecule has 2 aliphatic rings. The number of aromatic nitrogens is 1. The lowest BCUT2D eigenvalue weighted by atomic mass is 9.83. The molecule has 3 atom stereocenters. The zero-order chi connectivity index (χ0) is 21.4. The molecule has 5 heteroatoms. The number of hydrogen-bond acceptors (Lipinski definition) is 4. The summed E-state index contributed by atoms with van der Waals surface area (Å²) in [5, 5.41) is 9.69. The summed E-state index contributed by atoms with van der Waals surface area (Å²) in [6.07, 6.45) is 2.81. The maximum absolute atomic E-state index is 13.2. The number of ether oxygens (including phenoxy) is 1. The lowest BCUT2D eigenvalue weighted by molar-refractivity contribution is -0.0590. The molecule has 28 heavy (non-hydrogen) atoms. The highest BCUT2D eigenvalue weighted by Crippen LogP contribution is 2.33. The number of aliphatic hydroxyl groups excluding tert-OH is 1. The molecule has 0 saturated carbocycles. The average Bonchev–Trinajstić information content (AvgIpc) is 3.01. The molecule has 1 aromatic heterocycles. The smallest absolute Gasteiger partial charge is 0.169 e. The molecule has 1 fully saturated rings. The van der Waals surface area contributed by atoms with Crippen molar-refractivity contribution in [3.05, 3.63) is 22.5 Å². The molecule has 2 heterocycles. The highest BCUT2D eigenvalue weighted by atomic mass is 16.5. The first-order chi connectivity index (χ1) is 13.5. The van der Waals surface area contributed by atoms with E-state index in [1.807, 2.05) is 39.2 Å². The molecule has 1 aliphatic carbocycles. The van der Waals surface area contributed by atoms with E-state index in [4.69, 9.17) is 4.74 Å². The normalized spacial score (nSPS) is 24.6. The van der Waals surface area contributed by atoms with Crippen LogP contribution >= 0.6 is 0 Å². The molecule has 0 spiro atoms. The molecule has 0 amide bonds. The van der Waals surface area contributed by atoms with E-state index >= 15 is 0 Å². The predicted octanol–water partition coefficient (Wildman–Crippen LogP) is 4.22. The van der Waals surface area contributed by atoms with Crippen molar-refractivity contribution in [2.45, 2.75) is 93.5 Å². The van der Waals surface area contributed by atoms with Gasteiger partial charge in [0.15, 0.2) is 5.78 Å². The first-order valence-corrected chi connectivity index (χ1v) is 11.2. The fraction of sp³-hybridized carbons (Fsp3) is 0.783. The van der Waals surface area contributed by atoms with Crippen LogP contribution in [-0.2, 0) is 24.3 Å². The molecule has 0 radical (unpaired) electrons. The first-order valence-electron chi connectivity index (χ1n) is 11.2. The lowest BCUT2D eigenvalue weighted by Crippen LogP contribution is -2.51. The van der Waals surface area contributed by atoms with Crippen LogP contribution in [0, 0.1) is 12.8 Å². The highest BCUT2D eigenvalue weighted by molar-refractivity contribution is 6.02. The van der Waals surface area contributed by atoms with Gasteiger partial charge in [0, 0.05) is 42.0 Å². The van der Waals surface area contributed by atoms with Crippen molar-refractivity contribution in [1.29, 1.82) is 0 Å². The van der Waals surface area contributed by atoms with Crippen LogP contribution in [0.15, 0.2) is 0 Å². The minimum Gasteiger partial charge on any atom is -0.376 e. The average molecular weight is 395 g/mol. The van der Waals surface area contributed by atoms with Gasteiger partial charge in [0.05, 0.1) is 12.7 Å². The number of morpholine rings is 1. The summed E-state index contributed by atoms with van der Waals surface area (Å²) in [4.78, 5) is 15.6. The van der Waals surface area contributed by atoms with Gasteiger partial charge >= 0.3 is 0 Å². The molecule has 0 aromatic carbocycles. The van der Waals surface area contributed by atoms with Gasteiger partial charge in [-0.15, -0.1) is 0 Å². The summed E-state index contributed by atoms with van der Waals surface area (Å²) in [7, 11) is 0. The number of carbonyl (C=O) groups is 1. The van der Waals surface area contributed by atoms with E-state index in [1.165, 1.54) is 0 Å². The number of aliphatic hydroxyl groups is 1. The summed E-state index contributed by atoms with van der Waals surface area (Å²) in [5.41, 5.74) is 4.11. The maximum Gasteiger partial charge on any atom is 0.169 e. The molecule has 0 bridgehead atoms. The van der Waals surface area contributed by atoms with E-state index in [1.54, 1.807) is 0 Å². The molecule has 1 aliphatic heterocycles. The Morgan fingerprint density at radius 3 is 2.39 bits per heavy atom. The van der Waals surface area contributed by atoms with Crippen LogP contribution in [0.5, 0.6) is 0 Å². The summed E-state index contributed by atoms with van der Waals surface area (Å²) in [5.74, 6) is 0.333. The third-order valence-electron chi connectivity index (χ3n) is 6.07. The quantitative estimate of drug-likeness (QED) is 0.831. The minimum atomic E-state index is -0.0376. The maximum atomic E-state index is 13.2. The largest absolute Gasteiger partial charge is 0.376 e. The van der Waals surface area contributed by atoms with Crippen molar-refractivity contribution in [3.63, 3.8) is 0 Å². The van der Waals surface area contributed by atoms with Crippen LogP contribution in [0.2, 0.25) is 0 Å². The SMILES string of the molecule is CC.CC.CCc1c2c(n(CO)c1C)CCC(CN1CCOC(C)C1C)C2=O. The number of ketones is 1. The van der Waals surface area contributed by atoms with Gasteiger partial charge in [-0.05, 0) is 45.6 Å². The fourth-order valence-electron chi connectivity index (χ4n) is 4.39. The van der Waals surface area contributed by atoms with E-state index in [2.05, 4.69) is 25.7 Å². The van der Waals surface area contributed by atoms with Crippen LogP contribution in [0.4, 0.5) is 0 Å². The van der Waals surface area contributed by atoms with Gasteiger partial charge in [-0.25, -0.2) is 0 Å². The van der Waals surface area contributed by atoms with Gasteiger partial charge in [-0.3, -0.25) is 9.69 Å². The monoisotopic (exact) mass is 394 g/mol. The van der Waals surface area contributed by atoms with E-state index < -0.39 is 0 Å². The molecule has 1 saturated heterocycles. The van der Waals surface area contributed by atoms with Crippen LogP contribution in [-0.4, -0.2) is 52.2 Å². The van der Waals surface area contributed by atoms with Gasteiger partial charge < -0.3 is 14.4 Å². The Labute approximate surface area is 172 Å². The molecule has 5 nitrogen and oxygen atoms in total. The third-order valence-corrected chi connectivity index (χ3v) is 6.07. The zero-order valence-electron chi connectivity index (χ0n) is 19.3. The van der Waals surface area contributed by atoms with Crippen LogP contribution in [0.1, 0.15) is 82.2 Å². The first kappa shape index (κ1) is 24.9. The van der Waals surface area contributed by atoms with E-state index in [0.717, 1.165) is 61.5 Å².